The van der Waals surface area contributed by atoms with Crippen LogP contribution < -0.4 is 0 Å². The van der Waals surface area contributed by atoms with E-state index in [1.807, 2.05) is 0 Å². The van der Waals surface area contributed by atoms with Gasteiger partial charge in [0.2, 0.25) is 0 Å². The van der Waals surface area contributed by atoms with Gasteiger partial charge >= 0.3 is 5.97 Å². The molecule has 0 aliphatic rings. The predicted octanol–water partition coefficient (Wildman–Crippen LogP) is 1.56. The number of hydrogen-bond acceptors (Lipinski definition) is 2. The SMILES string of the molecule is CC(C)CCc1nccn1CC(=O)O. The van der Waals surface area contributed by atoms with Crippen molar-refractivity contribution in [2.45, 2.75) is 33.2 Å². The average Bonchev–Trinajstić information content (AvgIpc) is 2.47. The molecule has 1 heterocycles. The molecule has 1 aromatic heterocycles. The second-order valence-electron chi connectivity index (χ2n) is 3.80. The summed E-state index contributed by atoms with van der Waals surface area (Å²) in [6.45, 7) is 4.29. The Hall–Kier alpha value is -1.32. The lowest BCUT2D eigenvalue weighted by atomic mass is 10.1. The van der Waals surface area contributed by atoms with Gasteiger partial charge in [0.1, 0.15) is 12.4 Å². The van der Waals surface area contributed by atoms with Gasteiger partial charge in [-0.3, -0.25) is 4.79 Å². The Kier molecular flexibility index (Phi) is 3.68. The van der Waals surface area contributed by atoms with Crippen molar-refractivity contribution < 1.29 is 9.90 Å². The third-order valence-corrected chi connectivity index (χ3v) is 2.05. The number of carbonyl (C=O) groups is 1. The highest BCUT2D eigenvalue weighted by molar-refractivity contribution is 5.66. The lowest BCUT2D eigenvalue weighted by molar-refractivity contribution is -0.137. The second kappa shape index (κ2) is 4.79. The highest BCUT2D eigenvalue weighted by Gasteiger charge is 2.06. The maximum atomic E-state index is 10.5. The third-order valence-electron chi connectivity index (χ3n) is 2.05. The molecule has 1 aromatic rings. The fraction of sp³-hybridized carbons (Fsp3) is 0.600. The summed E-state index contributed by atoms with van der Waals surface area (Å²) in [7, 11) is 0. The minimum Gasteiger partial charge on any atom is -0.480 e. The van der Waals surface area contributed by atoms with Crippen molar-refractivity contribution in [1.29, 1.82) is 0 Å². The molecule has 1 N–H and O–H groups in total. The maximum Gasteiger partial charge on any atom is 0.323 e. The summed E-state index contributed by atoms with van der Waals surface area (Å²) in [5.41, 5.74) is 0. The van der Waals surface area contributed by atoms with Crippen LogP contribution in [0.1, 0.15) is 26.1 Å². The number of aliphatic carboxylic acids is 1. The van der Waals surface area contributed by atoms with E-state index in [9.17, 15) is 4.79 Å². The van der Waals surface area contributed by atoms with E-state index < -0.39 is 5.97 Å². The summed E-state index contributed by atoms with van der Waals surface area (Å²) in [5.74, 6) is 0.653. The van der Waals surface area contributed by atoms with Gasteiger partial charge in [0.25, 0.3) is 0 Å². The monoisotopic (exact) mass is 196 g/mol. The molecular formula is C10H16N2O2. The number of carboxylic acid groups (broad SMARTS) is 1. The summed E-state index contributed by atoms with van der Waals surface area (Å²) in [6.07, 6.45) is 5.25. The number of carboxylic acids is 1. The van der Waals surface area contributed by atoms with E-state index in [0.29, 0.717) is 5.92 Å². The van der Waals surface area contributed by atoms with E-state index in [4.69, 9.17) is 5.11 Å². The molecule has 0 aromatic carbocycles. The number of aromatic nitrogens is 2. The highest BCUT2D eigenvalue weighted by Crippen LogP contribution is 2.07. The number of hydrogen-bond donors (Lipinski definition) is 1. The molecule has 4 nitrogen and oxygen atoms in total. The van der Waals surface area contributed by atoms with Gasteiger partial charge < -0.3 is 9.67 Å². The molecular weight excluding hydrogens is 180 g/mol. The first-order valence-corrected chi connectivity index (χ1v) is 4.81. The molecule has 0 amide bonds. The summed E-state index contributed by atoms with van der Waals surface area (Å²) < 4.78 is 1.69. The van der Waals surface area contributed by atoms with Crippen LogP contribution in [0.4, 0.5) is 0 Å². The third kappa shape index (κ3) is 3.20. The zero-order chi connectivity index (χ0) is 10.6. The van der Waals surface area contributed by atoms with E-state index in [-0.39, 0.29) is 6.54 Å². The van der Waals surface area contributed by atoms with Crippen LogP contribution in [0, 0.1) is 5.92 Å². The van der Waals surface area contributed by atoms with Crippen LogP contribution in [0.2, 0.25) is 0 Å². The molecule has 0 saturated heterocycles. The standard InChI is InChI=1S/C10H16N2O2/c1-8(2)3-4-9-11-5-6-12(9)7-10(13)14/h5-6,8H,3-4,7H2,1-2H3,(H,13,14). The molecule has 14 heavy (non-hydrogen) atoms. The minimum absolute atomic E-state index is 0.00737. The molecule has 4 heteroatoms. The van der Waals surface area contributed by atoms with Gasteiger partial charge in [0, 0.05) is 18.8 Å². The van der Waals surface area contributed by atoms with Crippen molar-refractivity contribution >= 4 is 5.97 Å². The van der Waals surface area contributed by atoms with Crippen LogP contribution in [0.25, 0.3) is 0 Å². The molecule has 0 bridgehead atoms. The number of rotatable bonds is 5. The fourth-order valence-electron chi connectivity index (χ4n) is 1.28. The van der Waals surface area contributed by atoms with Gasteiger partial charge in [-0.1, -0.05) is 13.8 Å². The Morgan fingerprint density at radius 2 is 2.36 bits per heavy atom. The van der Waals surface area contributed by atoms with Gasteiger partial charge in [-0.05, 0) is 12.3 Å². The molecule has 0 atom stereocenters. The van der Waals surface area contributed by atoms with Crippen LogP contribution in [0.3, 0.4) is 0 Å². The first-order valence-electron chi connectivity index (χ1n) is 4.81. The first kappa shape index (κ1) is 10.8. The van der Waals surface area contributed by atoms with Crippen molar-refractivity contribution in [3.63, 3.8) is 0 Å². The van der Waals surface area contributed by atoms with Crippen molar-refractivity contribution in [3.8, 4) is 0 Å². The van der Waals surface area contributed by atoms with Crippen LogP contribution >= 0.6 is 0 Å². The molecule has 1 rings (SSSR count). The topological polar surface area (TPSA) is 55.1 Å². The van der Waals surface area contributed by atoms with Crippen LogP contribution in [-0.2, 0) is 17.8 Å². The van der Waals surface area contributed by atoms with Crippen LogP contribution in [-0.4, -0.2) is 20.6 Å². The van der Waals surface area contributed by atoms with Crippen LogP contribution in [0.5, 0.6) is 0 Å². The van der Waals surface area contributed by atoms with Gasteiger partial charge in [-0.2, -0.15) is 0 Å². The van der Waals surface area contributed by atoms with E-state index in [2.05, 4.69) is 18.8 Å². The van der Waals surface area contributed by atoms with Gasteiger partial charge in [0.05, 0.1) is 0 Å². The molecule has 0 fully saturated rings. The van der Waals surface area contributed by atoms with Crippen LogP contribution in [0.15, 0.2) is 12.4 Å². The summed E-state index contributed by atoms with van der Waals surface area (Å²) in [6, 6.07) is 0. The molecule has 78 valence electrons. The lowest BCUT2D eigenvalue weighted by Crippen LogP contribution is -2.11. The summed E-state index contributed by atoms with van der Waals surface area (Å²) in [4.78, 5) is 14.6. The molecule has 0 saturated carbocycles. The van der Waals surface area contributed by atoms with Crippen molar-refractivity contribution in [1.82, 2.24) is 9.55 Å². The fourth-order valence-corrected chi connectivity index (χ4v) is 1.28. The highest BCUT2D eigenvalue weighted by atomic mass is 16.4. The number of imidazole rings is 1. The van der Waals surface area contributed by atoms with Crippen molar-refractivity contribution in [2.75, 3.05) is 0 Å². The Labute approximate surface area is 83.6 Å². The van der Waals surface area contributed by atoms with Crippen molar-refractivity contribution in [2.24, 2.45) is 5.92 Å². The van der Waals surface area contributed by atoms with Gasteiger partial charge in [-0.15, -0.1) is 0 Å². The quantitative estimate of drug-likeness (QED) is 0.777. The normalized spacial score (nSPS) is 10.8. The first-order chi connectivity index (χ1) is 6.59. The minimum atomic E-state index is -0.825. The molecule has 0 radical (unpaired) electrons. The molecule has 0 unspecified atom stereocenters. The smallest absolute Gasteiger partial charge is 0.323 e. The Morgan fingerprint density at radius 1 is 1.64 bits per heavy atom. The Morgan fingerprint density at radius 3 is 2.93 bits per heavy atom. The van der Waals surface area contributed by atoms with Gasteiger partial charge in [-0.25, -0.2) is 4.98 Å². The maximum absolute atomic E-state index is 10.5. The predicted molar refractivity (Wildman–Crippen MR) is 53.0 cm³/mol. The molecule has 0 aliphatic carbocycles. The van der Waals surface area contributed by atoms with E-state index in [0.717, 1.165) is 18.7 Å². The summed E-state index contributed by atoms with van der Waals surface area (Å²) in [5, 5.41) is 8.64. The number of aryl methyl sites for hydroxylation is 1. The zero-order valence-corrected chi connectivity index (χ0v) is 8.60. The Bertz CT molecular complexity index is 305. The van der Waals surface area contributed by atoms with Gasteiger partial charge in [0.15, 0.2) is 0 Å². The number of nitrogens with zero attached hydrogens (tertiary/aromatic N) is 2. The van der Waals surface area contributed by atoms with E-state index >= 15 is 0 Å². The average molecular weight is 196 g/mol. The second-order valence-corrected chi connectivity index (χ2v) is 3.80. The zero-order valence-electron chi connectivity index (χ0n) is 8.60. The lowest BCUT2D eigenvalue weighted by Gasteiger charge is -2.06. The van der Waals surface area contributed by atoms with Crippen molar-refractivity contribution in [3.05, 3.63) is 18.2 Å². The van der Waals surface area contributed by atoms with E-state index in [1.165, 1.54) is 0 Å². The molecule has 0 spiro atoms. The van der Waals surface area contributed by atoms with E-state index in [1.54, 1.807) is 17.0 Å². The largest absolute Gasteiger partial charge is 0.480 e. The Balaban J connectivity index is 2.58. The molecule has 0 aliphatic heterocycles. The summed E-state index contributed by atoms with van der Waals surface area (Å²) >= 11 is 0.